The Morgan fingerprint density at radius 3 is 2.68 bits per heavy atom. The van der Waals surface area contributed by atoms with Crippen LogP contribution in [0.2, 0.25) is 0 Å². The summed E-state index contributed by atoms with van der Waals surface area (Å²) in [4.78, 5) is 9.62. The molecule has 3 N–H and O–H groups in total. The van der Waals surface area contributed by atoms with Crippen molar-refractivity contribution in [3.8, 4) is 0 Å². The molecule has 0 aliphatic rings. The van der Waals surface area contributed by atoms with E-state index in [1.165, 1.54) is 19.2 Å². The Kier molecular flexibility index (Phi) is 4.81. The Bertz CT molecular complexity index is 573. The number of nitro groups is 1. The van der Waals surface area contributed by atoms with Crippen molar-refractivity contribution >= 4 is 21.4 Å². The summed E-state index contributed by atoms with van der Waals surface area (Å²) in [5, 5.41) is 10.9. The maximum atomic E-state index is 12.0. The number of anilines is 1. The van der Waals surface area contributed by atoms with Crippen LogP contribution in [0.4, 0.5) is 11.4 Å². The molecule has 0 heterocycles. The predicted molar refractivity (Wildman–Crippen MR) is 69.2 cm³/mol. The number of rotatable bonds is 6. The fraction of sp³-hybridized carbons (Fsp3) is 0.400. The van der Waals surface area contributed by atoms with Crippen LogP contribution in [-0.4, -0.2) is 33.1 Å². The quantitative estimate of drug-likeness (QED) is 0.446. The van der Waals surface area contributed by atoms with Crippen LogP contribution in [0.3, 0.4) is 0 Å². The van der Waals surface area contributed by atoms with Gasteiger partial charge in [-0.25, -0.2) is 13.1 Å². The first-order valence-corrected chi connectivity index (χ1v) is 6.83. The molecule has 0 aliphatic heterocycles. The van der Waals surface area contributed by atoms with E-state index >= 15 is 0 Å². The Labute approximate surface area is 110 Å². The number of nitro benzene ring substituents is 1. The summed E-state index contributed by atoms with van der Waals surface area (Å²) in [5.41, 5.74) is 4.62. The van der Waals surface area contributed by atoms with E-state index in [4.69, 9.17) is 10.5 Å². The molecule has 0 fully saturated rings. The van der Waals surface area contributed by atoms with Crippen LogP contribution in [0.15, 0.2) is 23.1 Å². The zero-order valence-corrected chi connectivity index (χ0v) is 11.3. The molecule has 1 unspecified atom stereocenters. The number of nitrogen functional groups attached to an aromatic ring is 1. The first-order valence-electron chi connectivity index (χ1n) is 5.35. The number of sulfonamides is 1. The summed E-state index contributed by atoms with van der Waals surface area (Å²) in [7, 11) is -2.58. The molecule has 106 valence electrons. The molecule has 0 saturated carbocycles. The van der Waals surface area contributed by atoms with Crippen molar-refractivity contribution in [2.75, 3.05) is 19.4 Å². The van der Waals surface area contributed by atoms with E-state index < -0.39 is 25.5 Å². The maximum Gasteiger partial charge on any atom is 0.312 e. The standard InChI is InChI=1S/C10H15N3O5S/c1-7(18-2)6-12-19(16,17)9-5-3-4-8(11)10(9)13(14)15/h3-5,7,12H,6,11H2,1-2H3. The number of methoxy groups -OCH3 is 1. The summed E-state index contributed by atoms with van der Waals surface area (Å²) in [6, 6.07) is 3.75. The number of ether oxygens (including phenoxy) is 1. The van der Waals surface area contributed by atoms with Gasteiger partial charge in [-0.15, -0.1) is 0 Å². The first-order chi connectivity index (χ1) is 8.79. The van der Waals surface area contributed by atoms with E-state index in [0.717, 1.165) is 6.07 Å². The topological polar surface area (TPSA) is 125 Å². The molecule has 19 heavy (non-hydrogen) atoms. The number of nitrogens with zero attached hydrogens (tertiary/aromatic N) is 1. The van der Waals surface area contributed by atoms with Crippen LogP contribution in [0.5, 0.6) is 0 Å². The summed E-state index contributed by atoms with van der Waals surface area (Å²) < 4.78 is 31.1. The average Bonchev–Trinajstić information content (AvgIpc) is 2.35. The Balaban J connectivity index is 3.15. The normalized spacial score (nSPS) is 13.2. The molecule has 0 radical (unpaired) electrons. The third kappa shape index (κ3) is 3.63. The molecule has 0 aromatic heterocycles. The average molecular weight is 289 g/mol. The number of hydrogen-bond donors (Lipinski definition) is 2. The van der Waals surface area contributed by atoms with E-state index in [0.29, 0.717) is 0 Å². The van der Waals surface area contributed by atoms with Crippen LogP contribution < -0.4 is 10.5 Å². The van der Waals surface area contributed by atoms with Gasteiger partial charge in [0.2, 0.25) is 10.0 Å². The van der Waals surface area contributed by atoms with Gasteiger partial charge in [-0.2, -0.15) is 0 Å². The lowest BCUT2D eigenvalue weighted by Crippen LogP contribution is -2.32. The van der Waals surface area contributed by atoms with Crippen LogP contribution in [0, 0.1) is 10.1 Å². The lowest BCUT2D eigenvalue weighted by Gasteiger charge is -2.11. The molecule has 0 bridgehead atoms. The van der Waals surface area contributed by atoms with Crippen molar-refractivity contribution in [1.29, 1.82) is 0 Å². The summed E-state index contributed by atoms with van der Waals surface area (Å²) in [6.45, 7) is 1.67. The number of benzene rings is 1. The van der Waals surface area contributed by atoms with Gasteiger partial charge in [-0.3, -0.25) is 10.1 Å². The van der Waals surface area contributed by atoms with Crippen LogP contribution in [0.25, 0.3) is 0 Å². The number of nitrogens with two attached hydrogens (primary N) is 1. The van der Waals surface area contributed by atoms with E-state index in [1.807, 2.05) is 0 Å². The molecule has 1 aromatic carbocycles. The number of hydrogen-bond acceptors (Lipinski definition) is 6. The van der Waals surface area contributed by atoms with Gasteiger partial charge >= 0.3 is 5.69 Å². The van der Waals surface area contributed by atoms with E-state index in [2.05, 4.69) is 4.72 Å². The molecule has 0 aliphatic carbocycles. The maximum absolute atomic E-state index is 12.0. The highest BCUT2D eigenvalue weighted by molar-refractivity contribution is 7.89. The lowest BCUT2D eigenvalue weighted by atomic mass is 10.3. The number of nitrogens with one attached hydrogen (secondary N) is 1. The van der Waals surface area contributed by atoms with Gasteiger partial charge in [0.25, 0.3) is 0 Å². The molecule has 9 heteroatoms. The third-order valence-electron chi connectivity index (χ3n) is 2.47. The van der Waals surface area contributed by atoms with E-state index in [-0.39, 0.29) is 18.3 Å². The first kappa shape index (κ1) is 15.3. The van der Waals surface area contributed by atoms with Crippen molar-refractivity contribution < 1.29 is 18.1 Å². The monoisotopic (exact) mass is 289 g/mol. The zero-order valence-electron chi connectivity index (χ0n) is 10.5. The molecular formula is C10H15N3O5S. The Morgan fingerprint density at radius 2 is 2.16 bits per heavy atom. The Hall–Kier alpha value is -1.71. The van der Waals surface area contributed by atoms with Gasteiger partial charge in [-0.1, -0.05) is 6.07 Å². The van der Waals surface area contributed by atoms with Gasteiger partial charge in [0, 0.05) is 13.7 Å². The van der Waals surface area contributed by atoms with Crippen LogP contribution in [-0.2, 0) is 14.8 Å². The zero-order chi connectivity index (χ0) is 14.6. The molecular weight excluding hydrogens is 274 g/mol. The minimum absolute atomic E-state index is 0.00475. The van der Waals surface area contributed by atoms with Gasteiger partial charge in [-0.05, 0) is 19.1 Å². The predicted octanol–water partition coefficient (Wildman–Crippen LogP) is 0.490. The van der Waals surface area contributed by atoms with Crippen LogP contribution >= 0.6 is 0 Å². The summed E-state index contributed by atoms with van der Waals surface area (Å²) in [5.74, 6) is 0. The van der Waals surface area contributed by atoms with Crippen molar-refractivity contribution in [3.63, 3.8) is 0 Å². The van der Waals surface area contributed by atoms with E-state index in [1.54, 1.807) is 6.92 Å². The van der Waals surface area contributed by atoms with Gasteiger partial charge in [0.1, 0.15) is 5.69 Å². The van der Waals surface area contributed by atoms with E-state index in [9.17, 15) is 18.5 Å². The smallest absolute Gasteiger partial charge is 0.312 e. The molecule has 0 amide bonds. The van der Waals surface area contributed by atoms with Crippen molar-refractivity contribution in [1.82, 2.24) is 4.72 Å². The lowest BCUT2D eigenvalue weighted by molar-refractivity contribution is -0.386. The molecule has 0 saturated heterocycles. The fourth-order valence-corrected chi connectivity index (χ4v) is 2.65. The minimum atomic E-state index is -4.02. The second kappa shape index (κ2) is 5.95. The van der Waals surface area contributed by atoms with Gasteiger partial charge in [0.05, 0.1) is 11.0 Å². The number of para-hydroxylation sites is 1. The van der Waals surface area contributed by atoms with Crippen molar-refractivity contribution in [2.45, 2.75) is 17.9 Å². The highest BCUT2D eigenvalue weighted by Crippen LogP contribution is 2.29. The largest absolute Gasteiger partial charge is 0.393 e. The molecule has 0 spiro atoms. The fourth-order valence-electron chi connectivity index (χ4n) is 1.34. The molecule has 1 atom stereocenters. The third-order valence-corrected chi connectivity index (χ3v) is 3.92. The minimum Gasteiger partial charge on any atom is -0.393 e. The second-order valence-corrected chi connectivity index (χ2v) is 5.58. The second-order valence-electron chi connectivity index (χ2n) is 3.85. The molecule has 1 rings (SSSR count). The molecule has 8 nitrogen and oxygen atoms in total. The molecule has 1 aromatic rings. The van der Waals surface area contributed by atoms with Gasteiger partial charge < -0.3 is 10.5 Å². The van der Waals surface area contributed by atoms with Crippen molar-refractivity contribution in [3.05, 3.63) is 28.3 Å². The highest BCUT2D eigenvalue weighted by Gasteiger charge is 2.28. The van der Waals surface area contributed by atoms with Crippen LogP contribution in [0.1, 0.15) is 6.92 Å². The van der Waals surface area contributed by atoms with Crippen molar-refractivity contribution in [2.24, 2.45) is 0 Å². The summed E-state index contributed by atoms with van der Waals surface area (Å²) in [6.07, 6.45) is -0.352. The van der Waals surface area contributed by atoms with Gasteiger partial charge in [0.15, 0.2) is 4.90 Å². The SMILES string of the molecule is COC(C)CNS(=O)(=O)c1cccc(N)c1[N+](=O)[O-]. The Morgan fingerprint density at radius 1 is 1.53 bits per heavy atom. The summed E-state index contributed by atoms with van der Waals surface area (Å²) >= 11 is 0. The highest BCUT2D eigenvalue weighted by atomic mass is 32.2.